The molecule has 1 unspecified atom stereocenters. The minimum absolute atomic E-state index is 0.0632. The Morgan fingerprint density at radius 1 is 1.31 bits per heavy atom. The maximum absolute atomic E-state index is 13.0. The molecular formula is C20H23N3O3. The number of rotatable bonds is 6. The molecule has 0 aliphatic carbocycles. The lowest BCUT2D eigenvalue weighted by Gasteiger charge is -2.22. The van der Waals surface area contributed by atoms with E-state index in [4.69, 9.17) is 4.74 Å². The highest BCUT2D eigenvalue weighted by Gasteiger charge is 2.32. The van der Waals surface area contributed by atoms with Crippen LogP contribution in [-0.4, -0.2) is 43.1 Å². The lowest BCUT2D eigenvalue weighted by Crippen LogP contribution is -2.36. The molecule has 6 nitrogen and oxygen atoms in total. The summed E-state index contributed by atoms with van der Waals surface area (Å²) < 4.78 is 4.96. The zero-order valence-corrected chi connectivity index (χ0v) is 15.1. The lowest BCUT2D eigenvalue weighted by atomic mass is 10.1. The number of nitrogens with one attached hydrogen (secondary N) is 1. The van der Waals surface area contributed by atoms with Gasteiger partial charge in [0.2, 0.25) is 0 Å². The van der Waals surface area contributed by atoms with E-state index in [1.54, 1.807) is 24.1 Å². The van der Waals surface area contributed by atoms with Gasteiger partial charge in [0.25, 0.3) is 11.8 Å². The van der Waals surface area contributed by atoms with Gasteiger partial charge in [0.15, 0.2) is 0 Å². The van der Waals surface area contributed by atoms with Crippen LogP contribution in [0.2, 0.25) is 0 Å². The van der Waals surface area contributed by atoms with Crippen molar-refractivity contribution in [2.75, 3.05) is 25.2 Å². The van der Waals surface area contributed by atoms with Crippen molar-refractivity contribution in [2.24, 2.45) is 0 Å². The van der Waals surface area contributed by atoms with Crippen molar-refractivity contribution in [3.63, 3.8) is 0 Å². The number of ether oxygens (including phenoxy) is 1. The quantitative estimate of drug-likeness (QED) is 0.810. The van der Waals surface area contributed by atoms with Crippen LogP contribution in [0.15, 0.2) is 42.6 Å². The van der Waals surface area contributed by atoms with Gasteiger partial charge >= 0.3 is 0 Å². The Morgan fingerprint density at radius 3 is 2.92 bits per heavy atom. The maximum atomic E-state index is 13.0. The summed E-state index contributed by atoms with van der Waals surface area (Å²) in [6.07, 6.45) is 3.06. The summed E-state index contributed by atoms with van der Waals surface area (Å²) in [4.78, 5) is 31.2. The Hall–Kier alpha value is -2.73. The van der Waals surface area contributed by atoms with Crippen LogP contribution in [0.4, 0.5) is 5.69 Å². The Morgan fingerprint density at radius 2 is 2.12 bits per heavy atom. The number of benzene rings is 1. The number of nitrogens with zero attached hydrogens (tertiary/aromatic N) is 2. The molecule has 1 aromatic heterocycles. The van der Waals surface area contributed by atoms with Crippen molar-refractivity contribution in [3.8, 4) is 0 Å². The molecule has 1 aliphatic heterocycles. The molecule has 1 aromatic carbocycles. The molecule has 136 valence electrons. The normalized spacial score (nSPS) is 15.6. The SMILES string of the molecule is COCCCNC(=O)c1ccnc(C(=O)N2c3ccccc3CC2C)c1. The molecule has 0 saturated carbocycles. The van der Waals surface area contributed by atoms with Crippen LogP contribution in [0, 0.1) is 0 Å². The average Bonchev–Trinajstić information content (AvgIpc) is 3.00. The molecule has 0 radical (unpaired) electrons. The first-order chi connectivity index (χ1) is 12.6. The zero-order chi connectivity index (χ0) is 18.5. The predicted molar refractivity (Wildman–Crippen MR) is 99.5 cm³/mol. The van der Waals surface area contributed by atoms with Crippen molar-refractivity contribution in [1.29, 1.82) is 0 Å². The predicted octanol–water partition coefficient (Wildman–Crippen LogP) is 2.44. The summed E-state index contributed by atoms with van der Waals surface area (Å²) in [5, 5.41) is 2.82. The first-order valence-corrected chi connectivity index (χ1v) is 8.76. The second-order valence-corrected chi connectivity index (χ2v) is 6.39. The number of hydrogen-bond acceptors (Lipinski definition) is 4. The van der Waals surface area contributed by atoms with Crippen LogP contribution >= 0.6 is 0 Å². The number of aromatic nitrogens is 1. The molecule has 1 N–H and O–H groups in total. The molecule has 1 aliphatic rings. The smallest absolute Gasteiger partial charge is 0.277 e. The number of fused-ring (bicyclic) bond motifs is 1. The fraction of sp³-hybridized carbons (Fsp3) is 0.350. The fourth-order valence-electron chi connectivity index (χ4n) is 3.21. The number of carbonyl (C=O) groups is 2. The molecule has 2 aromatic rings. The van der Waals surface area contributed by atoms with Crippen molar-refractivity contribution in [2.45, 2.75) is 25.8 Å². The van der Waals surface area contributed by atoms with Crippen molar-refractivity contribution in [3.05, 3.63) is 59.4 Å². The van der Waals surface area contributed by atoms with E-state index in [1.165, 1.54) is 6.20 Å². The van der Waals surface area contributed by atoms with Crippen molar-refractivity contribution in [1.82, 2.24) is 10.3 Å². The summed E-state index contributed by atoms with van der Waals surface area (Å²) >= 11 is 0. The topological polar surface area (TPSA) is 71.5 Å². The average molecular weight is 353 g/mol. The van der Waals surface area contributed by atoms with Gasteiger partial charge in [-0.2, -0.15) is 0 Å². The number of carbonyl (C=O) groups excluding carboxylic acids is 2. The molecule has 2 amide bonds. The first-order valence-electron chi connectivity index (χ1n) is 8.76. The van der Waals surface area contributed by atoms with Gasteiger partial charge < -0.3 is 15.0 Å². The molecule has 0 bridgehead atoms. The van der Waals surface area contributed by atoms with E-state index in [2.05, 4.69) is 10.3 Å². The molecule has 3 rings (SSSR count). The van der Waals surface area contributed by atoms with E-state index in [0.29, 0.717) is 18.7 Å². The first kappa shape index (κ1) is 18.1. The molecule has 0 saturated heterocycles. The van der Waals surface area contributed by atoms with Crippen LogP contribution < -0.4 is 10.2 Å². The van der Waals surface area contributed by atoms with E-state index in [1.807, 2.05) is 31.2 Å². The van der Waals surface area contributed by atoms with Gasteiger partial charge in [-0.1, -0.05) is 18.2 Å². The molecule has 6 heteroatoms. The van der Waals surface area contributed by atoms with Crippen LogP contribution in [-0.2, 0) is 11.2 Å². The van der Waals surface area contributed by atoms with E-state index in [9.17, 15) is 9.59 Å². The summed E-state index contributed by atoms with van der Waals surface area (Å²) in [5.41, 5.74) is 2.78. The van der Waals surface area contributed by atoms with Gasteiger partial charge in [0.05, 0.1) is 0 Å². The monoisotopic (exact) mass is 353 g/mol. The number of para-hydroxylation sites is 1. The third-order valence-electron chi connectivity index (χ3n) is 4.48. The number of methoxy groups -OCH3 is 1. The molecular weight excluding hydrogens is 330 g/mol. The maximum Gasteiger partial charge on any atom is 0.277 e. The lowest BCUT2D eigenvalue weighted by molar-refractivity contribution is 0.0948. The van der Waals surface area contributed by atoms with Crippen molar-refractivity contribution >= 4 is 17.5 Å². The Balaban J connectivity index is 1.76. The van der Waals surface area contributed by atoms with Gasteiger partial charge in [-0.05, 0) is 43.5 Å². The van der Waals surface area contributed by atoms with E-state index < -0.39 is 0 Å². The summed E-state index contributed by atoms with van der Waals surface area (Å²) in [7, 11) is 1.63. The Bertz CT molecular complexity index is 806. The van der Waals surface area contributed by atoms with E-state index >= 15 is 0 Å². The molecule has 1 atom stereocenters. The summed E-state index contributed by atoms with van der Waals surface area (Å²) in [6, 6.07) is 11.1. The summed E-state index contributed by atoms with van der Waals surface area (Å²) in [5.74, 6) is -0.399. The highest BCUT2D eigenvalue weighted by atomic mass is 16.5. The van der Waals surface area contributed by atoms with Gasteiger partial charge in [0.1, 0.15) is 5.69 Å². The second kappa shape index (κ2) is 8.10. The number of pyridine rings is 1. The van der Waals surface area contributed by atoms with Gasteiger partial charge in [-0.15, -0.1) is 0 Å². The minimum Gasteiger partial charge on any atom is -0.385 e. The van der Waals surface area contributed by atoms with Crippen molar-refractivity contribution < 1.29 is 14.3 Å². The van der Waals surface area contributed by atoms with E-state index in [-0.39, 0.29) is 23.6 Å². The highest BCUT2D eigenvalue weighted by Crippen LogP contribution is 2.32. The molecule has 0 spiro atoms. The third kappa shape index (κ3) is 3.75. The van der Waals surface area contributed by atoms with E-state index in [0.717, 1.165) is 24.1 Å². The highest BCUT2D eigenvalue weighted by molar-refractivity contribution is 6.07. The van der Waals surface area contributed by atoms with Gasteiger partial charge in [0, 0.05) is 43.8 Å². The van der Waals surface area contributed by atoms with Crippen LogP contribution in [0.3, 0.4) is 0 Å². The summed E-state index contributed by atoms with van der Waals surface area (Å²) in [6.45, 7) is 3.13. The largest absolute Gasteiger partial charge is 0.385 e. The van der Waals surface area contributed by atoms with Crippen LogP contribution in [0.1, 0.15) is 39.8 Å². The fourth-order valence-corrected chi connectivity index (χ4v) is 3.21. The van der Waals surface area contributed by atoms with Gasteiger partial charge in [-0.3, -0.25) is 14.6 Å². The third-order valence-corrected chi connectivity index (χ3v) is 4.48. The number of amides is 2. The van der Waals surface area contributed by atoms with Gasteiger partial charge in [-0.25, -0.2) is 0 Å². The molecule has 2 heterocycles. The standard InChI is InChI=1S/C20H23N3O3/c1-14-12-15-6-3-4-7-18(15)23(14)20(25)17-13-16(8-10-21-17)19(24)22-9-5-11-26-2/h3-4,6-8,10,13-14H,5,9,11-12H2,1-2H3,(H,22,24). The Kier molecular flexibility index (Phi) is 5.63. The number of hydrogen-bond donors (Lipinski definition) is 1. The molecule has 0 fully saturated rings. The number of anilines is 1. The van der Waals surface area contributed by atoms with Crippen LogP contribution in [0.5, 0.6) is 0 Å². The zero-order valence-electron chi connectivity index (χ0n) is 15.1. The minimum atomic E-state index is -0.215. The molecule has 26 heavy (non-hydrogen) atoms. The van der Waals surface area contributed by atoms with Crippen LogP contribution in [0.25, 0.3) is 0 Å². The second-order valence-electron chi connectivity index (χ2n) is 6.39. The Labute approximate surface area is 153 Å².